The zero-order valence-corrected chi connectivity index (χ0v) is 22.5. The van der Waals surface area contributed by atoms with Gasteiger partial charge < -0.3 is 31.1 Å². The number of aliphatic hydroxyl groups is 1. The molecule has 2 rings (SSSR count). The lowest BCUT2D eigenvalue weighted by atomic mass is 9.94. The Morgan fingerprint density at radius 3 is 2.28 bits per heavy atom. The van der Waals surface area contributed by atoms with Crippen LogP contribution in [0.15, 0.2) is 67.3 Å². The summed E-state index contributed by atoms with van der Waals surface area (Å²) in [4.78, 5) is 50.0. The molecule has 0 radical (unpaired) electrons. The van der Waals surface area contributed by atoms with Crippen molar-refractivity contribution in [2.75, 3.05) is 26.7 Å². The normalized spacial score (nSPS) is 18.4. The number of amides is 4. The molecule has 1 aliphatic carbocycles. The van der Waals surface area contributed by atoms with Crippen molar-refractivity contribution in [3.63, 3.8) is 0 Å². The van der Waals surface area contributed by atoms with Gasteiger partial charge in [0.15, 0.2) is 0 Å². The summed E-state index contributed by atoms with van der Waals surface area (Å²) in [7, 11) is 1.32. The Hall–Kier alpha value is -3.76. The third-order valence-electron chi connectivity index (χ3n) is 6.58. The Bertz CT molecular complexity index is 1030. The number of rotatable bonds is 16. The molecule has 1 aliphatic rings. The highest BCUT2D eigenvalue weighted by Crippen LogP contribution is 2.32. The van der Waals surface area contributed by atoms with Crippen LogP contribution in [0.1, 0.15) is 31.2 Å². The third kappa shape index (κ3) is 10.9. The van der Waals surface area contributed by atoms with Gasteiger partial charge in [-0.15, -0.1) is 0 Å². The van der Waals surface area contributed by atoms with Crippen LogP contribution < -0.4 is 21.3 Å². The van der Waals surface area contributed by atoms with E-state index < -0.39 is 35.9 Å². The first-order chi connectivity index (χ1) is 18.8. The van der Waals surface area contributed by atoms with Gasteiger partial charge in [-0.05, 0) is 24.0 Å². The molecule has 4 atom stereocenters. The first kappa shape index (κ1) is 31.5. The number of aliphatic hydroxyl groups excluding tert-OH is 1. The van der Waals surface area contributed by atoms with Crippen LogP contribution in [0.3, 0.4) is 0 Å². The topological polar surface area (TPSA) is 146 Å². The van der Waals surface area contributed by atoms with Crippen molar-refractivity contribution in [3.8, 4) is 0 Å². The van der Waals surface area contributed by atoms with Crippen molar-refractivity contribution in [1.82, 2.24) is 21.3 Å². The summed E-state index contributed by atoms with van der Waals surface area (Å²) < 4.78 is 5.18. The molecule has 0 aromatic heterocycles. The van der Waals surface area contributed by atoms with Crippen molar-refractivity contribution in [2.24, 2.45) is 11.8 Å². The van der Waals surface area contributed by atoms with Gasteiger partial charge in [0.05, 0.1) is 12.6 Å². The molecule has 0 saturated heterocycles. The minimum atomic E-state index is -1.07. The van der Waals surface area contributed by atoms with Crippen molar-refractivity contribution in [1.29, 1.82) is 0 Å². The van der Waals surface area contributed by atoms with E-state index >= 15 is 0 Å². The molecule has 1 aromatic carbocycles. The number of nitrogens with one attached hydrogen (secondary N) is 4. The highest BCUT2D eigenvalue weighted by atomic mass is 16.5. The minimum absolute atomic E-state index is 0.0847. The summed E-state index contributed by atoms with van der Waals surface area (Å²) in [6.45, 7) is 7.52. The van der Waals surface area contributed by atoms with Crippen molar-refractivity contribution >= 4 is 23.6 Å². The van der Waals surface area contributed by atoms with Crippen LogP contribution in [-0.4, -0.2) is 67.7 Å². The van der Waals surface area contributed by atoms with Crippen LogP contribution in [0.4, 0.5) is 0 Å². The Labute approximate surface area is 230 Å². The molecule has 212 valence electrons. The Kier molecular flexibility index (Phi) is 13.7. The Morgan fingerprint density at radius 2 is 1.67 bits per heavy atom. The van der Waals surface area contributed by atoms with E-state index in [1.807, 2.05) is 30.3 Å². The average Bonchev–Trinajstić information content (AvgIpc) is 3.45. The number of benzene rings is 1. The van der Waals surface area contributed by atoms with Gasteiger partial charge in [0, 0.05) is 45.0 Å². The predicted octanol–water partition coefficient (Wildman–Crippen LogP) is 1.13. The quantitative estimate of drug-likeness (QED) is 0.199. The van der Waals surface area contributed by atoms with Crippen LogP contribution in [-0.2, 0) is 30.5 Å². The number of carbonyl (C=O) groups is 4. The number of methoxy groups -OCH3 is 1. The first-order valence-electron chi connectivity index (χ1n) is 13.1. The molecule has 39 heavy (non-hydrogen) atoms. The van der Waals surface area contributed by atoms with Gasteiger partial charge >= 0.3 is 0 Å². The maximum absolute atomic E-state index is 12.8. The van der Waals surface area contributed by atoms with Crippen molar-refractivity contribution in [3.05, 3.63) is 72.9 Å². The second kappa shape index (κ2) is 17.0. The summed E-state index contributed by atoms with van der Waals surface area (Å²) in [5.74, 6) is -2.32. The lowest BCUT2D eigenvalue weighted by Gasteiger charge is -2.22. The number of carbonyl (C=O) groups excluding carboxylic acids is 4. The number of hydrogen-bond acceptors (Lipinski definition) is 6. The molecule has 4 amide bonds. The predicted molar refractivity (Wildman–Crippen MR) is 148 cm³/mol. The fourth-order valence-corrected chi connectivity index (χ4v) is 4.39. The summed E-state index contributed by atoms with van der Waals surface area (Å²) in [6.07, 6.45) is 4.70. The molecular formula is C29H40N4O6. The minimum Gasteiger partial charge on any atom is -0.391 e. The second-order valence-electron chi connectivity index (χ2n) is 9.38. The monoisotopic (exact) mass is 540 g/mol. The maximum Gasteiger partial charge on any atom is 0.249 e. The SMILES string of the molecule is C=C/C=C(\C=C)CNC(=O)CNC(=O)[C@@H](C[C@H](O)CNC(=O)[C@@H]1CCC[C@H]1C(=O)NCc1ccccc1)OC. The molecule has 1 saturated carbocycles. The zero-order valence-electron chi connectivity index (χ0n) is 22.5. The highest BCUT2D eigenvalue weighted by Gasteiger charge is 2.37. The zero-order chi connectivity index (χ0) is 28.6. The molecule has 0 aliphatic heterocycles. The fourth-order valence-electron chi connectivity index (χ4n) is 4.39. The van der Waals surface area contributed by atoms with Crippen LogP contribution in [0.2, 0.25) is 0 Å². The standard InChI is InChI=1S/C29H40N4O6/c1-4-10-20(5-2)16-30-26(35)19-33-29(38)25(39-3)15-22(34)18-32-28(37)24-14-9-13-23(24)27(36)31-17-21-11-7-6-8-12-21/h4-8,10-12,22-25,34H,1-2,9,13-19H2,3H3,(H,30,35)(H,31,36)(H,32,37)(H,33,38)/b20-10+/t22-,23+,24+,25+/m0/s1. The third-order valence-corrected chi connectivity index (χ3v) is 6.58. The van der Waals surface area contributed by atoms with E-state index in [1.54, 1.807) is 18.2 Å². The molecule has 10 nitrogen and oxygen atoms in total. The van der Waals surface area contributed by atoms with E-state index in [0.29, 0.717) is 19.4 Å². The van der Waals surface area contributed by atoms with Gasteiger partial charge in [-0.2, -0.15) is 0 Å². The summed E-state index contributed by atoms with van der Waals surface area (Å²) >= 11 is 0. The smallest absolute Gasteiger partial charge is 0.249 e. The molecule has 0 unspecified atom stereocenters. The van der Waals surface area contributed by atoms with E-state index in [9.17, 15) is 24.3 Å². The molecule has 1 aromatic rings. The molecular weight excluding hydrogens is 500 g/mol. The fraction of sp³-hybridized carbons (Fsp3) is 0.448. The highest BCUT2D eigenvalue weighted by molar-refractivity contribution is 5.88. The summed E-state index contributed by atoms with van der Waals surface area (Å²) in [5.41, 5.74) is 1.74. The van der Waals surface area contributed by atoms with Gasteiger partial charge in [0.1, 0.15) is 6.10 Å². The van der Waals surface area contributed by atoms with Crippen LogP contribution in [0.25, 0.3) is 0 Å². The van der Waals surface area contributed by atoms with E-state index in [2.05, 4.69) is 34.4 Å². The number of hydrogen-bond donors (Lipinski definition) is 5. The van der Waals surface area contributed by atoms with Crippen LogP contribution in [0, 0.1) is 11.8 Å². The lowest BCUT2D eigenvalue weighted by Crippen LogP contribution is -2.45. The van der Waals surface area contributed by atoms with Crippen LogP contribution >= 0.6 is 0 Å². The van der Waals surface area contributed by atoms with E-state index in [0.717, 1.165) is 17.6 Å². The summed E-state index contributed by atoms with van der Waals surface area (Å²) in [6, 6.07) is 9.55. The molecule has 1 fully saturated rings. The number of ether oxygens (including phenoxy) is 1. The molecule has 0 spiro atoms. The average molecular weight is 541 g/mol. The van der Waals surface area contributed by atoms with Gasteiger partial charge in [0.25, 0.3) is 0 Å². The Balaban J connectivity index is 1.75. The molecule has 0 bridgehead atoms. The molecule has 5 N–H and O–H groups in total. The maximum atomic E-state index is 12.8. The lowest BCUT2D eigenvalue weighted by molar-refractivity contribution is -0.135. The van der Waals surface area contributed by atoms with Gasteiger partial charge in [-0.25, -0.2) is 0 Å². The van der Waals surface area contributed by atoms with Gasteiger partial charge in [0.2, 0.25) is 23.6 Å². The number of allylic oxidation sites excluding steroid dienone is 2. The summed E-state index contributed by atoms with van der Waals surface area (Å²) in [5, 5.41) is 21.2. The van der Waals surface area contributed by atoms with Crippen molar-refractivity contribution in [2.45, 2.75) is 44.4 Å². The van der Waals surface area contributed by atoms with Gasteiger partial charge in [-0.3, -0.25) is 19.2 Å². The first-order valence-corrected chi connectivity index (χ1v) is 13.1. The van der Waals surface area contributed by atoms with E-state index in [-0.39, 0.29) is 37.9 Å². The largest absolute Gasteiger partial charge is 0.391 e. The van der Waals surface area contributed by atoms with E-state index in [4.69, 9.17) is 4.74 Å². The van der Waals surface area contributed by atoms with Crippen LogP contribution in [0.5, 0.6) is 0 Å². The van der Waals surface area contributed by atoms with E-state index in [1.165, 1.54) is 7.11 Å². The molecule has 10 heteroatoms. The Morgan fingerprint density at radius 1 is 1.00 bits per heavy atom. The van der Waals surface area contributed by atoms with Crippen molar-refractivity contribution < 1.29 is 29.0 Å². The van der Waals surface area contributed by atoms with Gasteiger partial charge in [-0.1, -0.05) is 68.1 Å². The molecule has 0 heterocycles. The second-order valence-corrected chi connectivity index (χ2v) is 9.38.